The van der Waals surface area contributed by atoms with Gasteiger partial charge < -0.3 is 9.13 Å². The van der Waals surface area contributed by atoms with Gasteiger partial charge in [0.2, 0.25) is 0 Å². The van der Waals surface area contributed by atoms with Crippen LogP contribution in [0.1, 0.15) is 6.85 Å². The fourth-order valence-electron chi connectivity index (χ4n) is 5.74. The average molecular weight is 490 g/mol. The Morgan fingerprint density at radius 3 is 1.47 bits per heavy atom. The zero-order valence-electron chi connectivity index (χ0n) is 25.4. The van der Waals surface area contributed by atoms with Crippen LogP contribution in [-0.4, -0.2) is 9.13 Å². The number of hydrogen-bond acceptors (Lipinski definition) is 0. The Hall–Kier alpha value is -5.08. The first-order valence-electron chi connectivity index (χ1n) is 15.1. The van der Waals surface area contributed by atoms with Crippen molar-refractivity contribution in [2.24, 2.45) is 0 Å². The summed E-state index contributed by atoms with van der Waals surface area (Å²) in [6, 6.07) is 38.0. The molecule has 0 aliphatic heterocycles. The molecule has 0 spiro atoms. The maximum absolute atomic E-state index is 8.41. The third-order valence-electron chi connectivity index (χ3n) is 7.39. The molecule has 2 aromatic heterocycles. The second kappa shape index (κ2) is 8.22. The van der Waals surface area contributed by atoms with Gasteiger partial charge in [-0.15, -0.1) is 0 Å². The van der Waals surface area contributed by atoms with Gasteiger partial charge in [-0.2, -0.15) is 0 Å². The number of aromatic nitrogens is 2. The molecule has 0 fully saturated rings. The van der Waals surface area contributed by atoms with Gasteiger partial charge in [0, 0.05) is 32.9 Å². The molecule has 2 heterocycles. The maximum Gasteiger partial charge on any atom is 0.0629 e. The lowest BCUT2D eigenvalue weighted by Gasteiger charge is -2.10. The fourth-order valence-corrected chi connectivity index (χ4v) is 5.74. The molecule has 0 atom stereocenters. The molecule has 38 heavy (non-hydrogen) atoms. The molecule has 2 heteroatoms. The molecule has 0 amide bonds. The monoisotopic (exact) mass is 489 g/mol. The Bertz CT molecular complexity index is 2360. The Morgan fingerprint density at radius 2 is 0.895 bits per heavy atom. The number of para-hydroxylation sites is 3. The summed E-state index contributed by atoms with van der Waals surface area (Å²) in [7, 11) is 0. The van der Waals surface area contributed by atoms with Crippen molar-refractivity contribution >= 4 is 43.6 Å². The summed E-state index contributed by atoms with van der Waals surface area (Å²) >= 11 is 0. The number of nitrogens with zero attached hydrogens (tertiary/aromatic N) is 2. The zero-order valence-corrected chi connectivity index (χ0v) is 20.4. The molecule has 0 N–H and O–H groups in total. The van der Waals surface area contributed by atoms with E-state index in [4.69, 9.17) is 6.85 Å². The quantitative estimate of drug-likeness (QED) is 0.234. The molecule has 2 nitrogen and oxygen atoms in total. The van der Waals surface area contributed by atoms with Gasteiger partial charge in [0.25, 0.3) is 0 Å². The highest BCUT2D eigenvalue weighted by Crippen LogP contribution is 2.39. The summed E-state index contributed by atoms with van der Waals surface area (Å²) < 4.78 is 45.5. The standard InChI is InChI=1S/C36H24N2/c1-3-11-25(12-4-1)26-19-21-28(22-20-26)38-34-18-10-8-16-30(34)32-23-35-31(24-36(32)38)29-15-7-9-17-33(29)37(35)27-13-5-2-6-14-27/h1-24H/i1D,3D,4D,11D,12D. The fraction of sp³-hybridized carbons (Fsp3) is 0. The lowest BCUT2D eigenvalue weighted by Crippen LogP contribution is -1.94. The average Bonchev–Trinajstić information content (AvgIpc) is 3.55. The molecular weight excluding hydrogens is 460 g/mol. The van der Waals surface area contributed by atoms with E-state index in [1.165, 1.54) is 5.39 Å². The van der Waals surface area contributed by atoms with E-state index >= 15 is 0 Å². The molecule has 0 aliphatic rings. The summed E-state index contributed by atoms with van der Waals surface area (Å²) in [4.78, 5) is 0. The number of hydrogen-bond donors (Lipinski definition) is 0. The molecule has 0 unspecified atom stereocenters. The minimum atomic E-state index is -0.388. The molecule has 6 aromatic carbocycles. The van der Waals surface area contributed by atoms with E-state index < -0.39 is 0 Å². The molecule has 0 saturated carbocycles. The highest BCUT2D eigenvalue weighted by molar-refractivity contribution is 6.19. The van der Waals surface area contributed by atoms with Crippen molar-refractivity contribution in [3.8, 4) is 22.5 Å². The van der Waals surface area contributed by atoms with E-state index in [2.05, 4.69) is 88.0 Å². The van der Waals surface area contributed by atoms with Crippen molar-refractivity contribution in [2.75, 3.05) is 0 Å². The van der Waals surface area contributed by atoms with Gasteiger partial charge in [0.1, 0.15) is 0 Å². The number of benzene rings is 6. The van der Waals surface area contributed by atoms with Crippen molar-refractivity contribution in [1.29, 1.82) is 0 Å². The molecule has 0 radical (unpaired) electrons. The Kier molecular flexibility index (Phi) is 3.60. The Morgan fingerprint density at radius 1 is 0.395 bits per heavy atom. The van der Waals surface area contributed by atoms with E-state index in [1.807, 2.05) is 36.4 Å². The third kappa shape index (κ3) is 3.07. The molecule has 0 bridgehead atoms. The van der Waals surface area contributed by atoms with Gasteiger partial charge in [0.15, 0.2) is 0 Å². The SMILES string of the molecule is [2H]c1c([2H])c([2H])c(-c2ccc(-n3c4ccccc4c4cc5c(cc43)c3ccccc3n5-c3ccccc3)cc2)c([2H])c1[2H]. The second-order valence-electron chi connectivity index (χ2n) is 9.47. The summed E-state index contributed by atoms with van der Waals surface area (Å²) in [6.07, 6.45) is 0. The van der Waals surface area contributed by atoms with Crippen molar-refractivity contribution in [3.05, 3.63) is 145 Å². The van der Waals surface area contributed by atoms with Crippen molar-refractivity contribution in [3.63, 3.8) is 0 Å². The number of rotatable bonds is 3. The predicted octanol–water partition coefficient (Wildman–Crippen LogP) is 9.55. The topological polar surface area (TPSA) is 9.86 Å². The zero-order chi connectivity index (χ0) is 29.4. The molecule has 8 aromatic rings. The van der Waals surface area contributed by atoms with Crippen molar-refractivity contribution in [2.45, 2.75) is 0 Å². The summed E-state index contributed by atoms with van der Waals surface area (Å²) in [5.74, 6) is 0. The minimum Gasteiger partial charge on any atom is -0.309 e. The van der Waals surface area contributed by atoms with E-state index in [1.54, 1.807) is 0 Å². The molecule has 0 aliphatic carbocycles. The Labute approximate surface area is 227 Å². The normalized spacial score (nSPS) is 13.5. The molecule has 0 saturated heterocycles. The van der Waals surface area contributed by atoms with Crippen LogP contribution in [0.2, 0.25) is 0 Å². The smallest absolute Gasteiger partial charge is 0.0629 e. The van der Waals surface area contributed by atoms with E-state index in [-0.39, 0.29) is 35.8 Å². The van der Waals surface area contributed by atoms with E-state index in [0.717, 1.165) is 49.6 Å². The van der Waals surface area contributed by atoms with Gasteiger partial charge in [0.05, 0.1) is 28.9 Å². The second-order valence-corrected chi connectivity index (χ2v) is 9.47. The lowest BCUT2D eigenvalue weighted by atomic mass is 10.1. The van der Waals surface area contributed by atoms with E-state index in [9.17, 15) is 0 Å². The van der Waals surface area contributed by atoms with Crippen LogP contribution in [0, 0.1) is 0 Å². The van der Waals surface area contributed by atoms with E-state index in [0.29, 0.717) is 5.56 Å². The van der Waals surface area contributed by atoms with Crippen LogP contribution in [0.25, 0.3) is 66.1 Å². The van der Waals surface area contributed by atoms with Crippen LogP contribution in [-0.2, 0) is 0 Å². The molecule has 178 valence electrons. The highest BCUT2D eigenvalue weighted by Gasteiger charge is 2.18. The van der Waals surface area contributed by atoms with Crippen LogP contribution in [0.4, 0.5) is 0 Å². The Balaban J connectivity index is 1.40. The van der Waals surface area contributed by atoms with Crippen molar-refractivity contribution < 1.29 is 6.85 Å². The van der Waals surface area contributed by atoms with Gasteiger partial charge in [-0.1, -0.05) is 96.9 Å². The first kappa shape index (κ1) is 16.6. The summed E-state index contributed by atoms with van der Waals surface area (Å²) in [5, 5.41) is 4.61. The van der Waals surface area contributed by atoms with Crippen LogP contribution < -0.4 is 0 Å². The lowest BCUT2D eigenvalue weighted by molar-refractivity contribution is 1.17. The maximum atomic E-state index is 8.41. The van der Waals surface area contributed by atoms with Crippen LogP contribution in [0.5, 0.6) is 0 Å². The molecular formula is C36H24N2. The van der Waals surface area contributed by atoms with Crippen LogP contribution >= 0.6 is 0 Å². The van der Waals surface area contributed by atoms with Gasteiger partial charge in [-0.3, -0.25) is 0 Å². The van der Waals surface area contributed by atoms with Gasteiger partial charge >= 0.3 is 0 Å². The summed E-state index contributed by atoms with van der Waals surface area (Å²) in [6.45, 7) is 0. The minimum absolute atomic E-state index is 0.201. The van der Waals surface area contributed by atoms with Crippen LogP contribution in [0.15, 0.2) is 145 Å². The number of fused-ring (bicyclic) bond motifs is 6. The first-order valence-corrected chi connectivity index (χ1v) is 12.6. The third-order valence-corrected chi connectivity index (χ3v) is 7.39. The molecule has 8 rings (SSSR count). The van der Waals surface area contributed by atoms with Gasteiger partial charge in [-0.25, -0.2) is 0 Å². The van der Waals surface area contributed by atoms with Gasteiger partial charge in [-0.05, 0) is 59.7 Å². The predicted molar refractivity (Wildman–Crippen MR) is 161 cm³/mol. The first-order chi connectivity index (χ1) is 20.9. The van der Waals surface area contributed by atoms with Crippen molar-refractivity contribution in [1.82, 2.24) is 9.13 Å². The van der Waals surface area contributed by atoms with Crippen LogP contribution in [0.3, 0.4) is 0 Å². The largest absolute Gasteiger partial charge is 0.309 e. The highest BCUT2D eigenvalue weighted by atomic mass is 15.0. The summed E-state index contributed by atoms with van der Waals surface area (Å²) in [5.41, 5.74) is 7.24.